The van der Waals surface area contributed by atoms with Crippen molar-refractivity contribution >= 4 is 5.97 Å². The van der Waals surface area contributed by atoms with Gasteiger partial charge in [0.1, 0.15) is 0 Å². The summed E-state index contributed by atoms with van der Waals surface area (Å²) in [7, 11) is 0. The molecular weight excluding hydrogens is 180 g/mol. The molecule has 0 aliphatic heterocycles. The van der Waals surface area contributed by atoms with Gasteiger partial charge in [0.05, 0.1) is 19.8 Å². The molecule has 0 aliphatic rings. The number of hydrogen-bond acceptors (Lipinski definition) is 3. The van der Waals surface area contributed by atoms with Gasteiger partial charge in [-0.25, -0.2) is 4.79 Å². The van der Waals surface area contributed by atoms with Crippen LogP contribution in [-0.2, 0) is 14.3 Å². The van der Waals surface area contributed by atoms with E-state index >= 15 is 0 Å². The average Bonchev–Trinajstić information content (AvgIpc) is 2.09. The first-order chi connectivity index (χ1) is 6.54. The molecule has 0 atom stereocenters. The molecule has 0 bridgehead atoms. The van der Waals surface area contributed by atoms with E-state index in [0.29, 0.717) is 31.8 Å². The molecule has 0 saturated heterocycles. The van der Waals surface area contributed by atoms with E-state index in [2.05, 4.69) is 13.2 Å². The van der Waals surface area contributed by atoms with Crippen LogP contribution in [0.3, 0.4) is 0 Å². The SMILES string of the molecule is C=C(C)COCCCOC(=O)C(=C)C. The number of hydrogen-bond donors (Lipinski definition) is 0. The van der Waals surface area contributed by atoms with Crippen molar-refractivity contribution < 1.29 is 14.3 Å². The van der Waals surface area contributed by atoms with Gasteiger partial charge >= 0.3 is 5.97 Å². The lowest BCUT2D eigenvalue weighted by molar-refractivity contribution is -0.139. The first-order valence-electron chi connectivity index (χ1n) is 4.58. The highest BCUT2D eigenvalue weighted by Crippen LogP contribution is 1.94. The van der Waals surface area contributed by atoms with Crippen LogP contribution in [0, 0.1) is 0 Å². The molecule has 0 unspecified atom stereocenters. The van der Waals surface area contributed by atoms with Gasteiger partial charge < -0.3 is 9.47 Å². The van der Waals surface area contributed by atoms with Crippen molar-refractivity contribution in [1.82, 2.24) is 0 Å². The van der Waals surface area contributed by atoms with Crippen LogP contribution in [0.5, 0.6) is 0 Å². The number of rotatable bonds is 7. The van der Waals surface area contributed by atoms with Gasteiger partial charge in [-0.3, -0.25) is 0 Å². The van der Waals surface area contributed by atoms with Crippen LogP contribution in [0.15, 0.2) is 24.3 Å². The zero-order valence-corrected chi connectivity index (χ0v) is 8.97. The molecule has 0 aliphatic carbocycles. The molecule has 0 fully saturated rings. The van der Waals surface area contributed by atoms with Crippen LogP contribution in [-0.4, -0.2) is 25.8 Å². The molecule has 3 nitrogen and oxygen atoms in total. The van der Waals surface area contributed by atoms with Crippen LogP contribution in [0.4, 0.5) is 0 Å². The Morgan fingerprint density at radius 2 is 1.86 bits per heavy atom. The Bertz CT molecular complexity index is 219. The smallest absolute Gasteiger partial charge is 0.333 e. The summed E-state index contributed by atoms with van der Waals surface area (Å²) >= 11 is 0. The molecule has 14 heavy (non-hydrogen) atoms. The van der Waals surface area contributed by atoms with E-state index in [4.69, 9.17) is 9.47 Å². The zero-order chi connectivity index (χ0) is 11.0. The number of esters is 1. The second-order valence-electron chi connectivity index (χ2n) is 3.28. The van der Waals surface area contributed by atoms with Crippen molar-refractivity contribution in [3.8, 4) is 0 Å². The molecule has 0 aromatic rings. The first kappa shape index (κ1) is 12.9. The third kappa shape index (κ3) is 7.55. The maximum absolute atomic E-state index is 10.9. The van der Waals surface area contributed by atoms with Gasteiger partial charge in [-0.15, -0.1) is 0 Å². The van der Waals surface area contributed by atoms with Crippen LogP contribution in [0.1, 0.15) is 20.3 Å². The minimum Gasteiger partial charge on any atom is -0.462 e. The van der Waals surface area contributed by atoms with E-state index in [0.717, 1.165) is 5.57 Å². The quantitative estimate of drug-likeness (QED) is 0.272. The molecule has 0 radical (unpaired) electrons. The molecule has 0 spiro atoms. The van der Waals surface area contributed by atoms with Gasteiger partial charge in [0.15, 0.2) is 0 Å². The second kappa shape index (κ2) is 7.33. The first-order valence-corrected chi connectivity index (χ1v) is 4.58. The summed E-state index contributed by atoms with van der Waals surface area (Å²) in [4.78, 5) is 10.9. The van der Waals surface area contributed by atoms with Gasteiger partial charge in [0.2, 0.25) is 0 Å². The number of carbonyl (C=O) groups is 1. The maximum Gasteiger partial charge on any atom is 0.333 e. The van der Waals surface area contributed by atoms with Crippen LogP contribution in [0.2, 0.25) is 0 Å². The van der Waals surface area contributed by atoms with E-state index in [1.165, 1.54) is 0 Å². The van der Waals surface area contributed by atoms with Gasteiger partial charge in [-0.1, -0.05) is 18.7 Å². The summed E-state index contributed by atoms with van der Waals surface area (Å²) in [5.41, 5.74) is 1.41. The lowest BCUT2D eigenvalue weighted by Crippen LogP contribution is -2.08. The van der Waals surface area contributed by atoms with E-state index in [9.17, 15) is 4.79 Å². The normalized spacial score (nSPS) is 9.57. The average molecular weight is 198 g/mol. The molecule has 0 amide bonds. The van der Waals surface area contributed by atoms with Crippen molar-refractivity contribution in [2.75, 3.05) is 19.8 Å². The third-order valence-electron chi connectivity index (χ3n) is 1.36. The summed E-state index contributed by atoms with van der Waals surface area (Å²) in [6.07, 6.45) is 0.701. The Morgan fingerprint density at radius 1 is 1.21 bits per heavy atom. The van der Waals surface area contributed by atoms with Gasteiger partial charge in [0.25, 0.3) is 0 Å². The fourth-order valence-electron chi connectivity index (χ4n) is 0.695. The summed E-state index contributed by atoms with van der Waals surface area (Å²) in [6.45, 7) is 12.2. The van der Waals surface area contributed by atoms with Crippen molar-refractivity contribution in [2.24, 2.45) is 0 Å². The minimum absolute atomic E-state index is 0.343. The molecule has 0 saturated carbocycles. The maximum atomic E-state index is 10.9. The van der Waals surface area contributed by atoms with E-state index in [-0.39, 0.29) is 5.97 Å². The molecule has 0 heterocycles. The highest BCUT2D eigenvalue weighted by Gasteiger charge is 2.01. The number of ether oxygens (including phenoxy) is 2. The van der Waals surface area contributed by atoms with Crippen molar-refractivity contribution in [1.29, 1.82) is 0 Å². The van der Waals surface area contributed by atoms with E-state index in [1.54, 1.807) is 6.92 Å². The Balaban J connectivity index is 3.26. The Labute approximate surface area is 85.4 Å². The lowest BCUT2D eigenvalue weighted by Gasteiger charge is -2.05. The molecule has 3 heteroatoms. The Hall–Kier alpha value is -1.09. The zero-order valence-electron chi connectivity index (χ0n) is 8.97. The summed E-state index contributed by atoms with van der Waals surface area (Å²) in [5, 5.41) is 0. The standard InChI is InChI=1S/C11H18O3/c1-9(2)8-13-6-5-7-14-11(12)10(3)4/h1,3,5-8H2,2,4H3. The third-order valence-corrected chi connectivity index (χ3v) is 1.36. The molecule has 0 aromatic heterocycles. The van der Waals surface area contributed by atoms with E-state index < -0.39 is 0 Å². The largest absolute Gasteiger partial charge is 0.462 e. The Morgan fingerprint density at radius 3 is 2.36 bits per heavy atom. The summed E-state index contributed by atoms with van der Waals surface area (Å²) < 4.78 is 10.1. The molecular formula is C11H18O3. The van der Waals surface area contributed by atoms with Crippen molar-refractivity contribution in [2.45, 2.75) is 20.3 Å². The van der Waals surface area contributed by atoms with Crippen LogP contribution in [0.25, 0.3) is 0 Å². The van der Waals surface area contributed by atoms with Crippen molar-refractivity contribution in [3.05, 3.63) is 24.3 Å². The topological polar surface area (TPSA) is 35.5 Å². The highest BCUT2D eigenvalue weighted by atomic mass is 16.5. The lowest BCUT2D eigenvalue weighted by atomic mass is 10.3. The predicted molar refractivity (Wildman–Crippen MR) is 56.0 cm³/mol. The highest BCUT2D eigenvalue weighted by molar-refractivity contribution is 5.86. The summed E-state index contributed by atoms with van der Waals surface area (Å²) in [5.74, 6) is -0.343. The van der Waals surface area contributed by atoms with Crippen LogP contribution < -0.4 is 0 Å². The molecule has 0 aromatic carbocycles. The van der Waals surface area contributed by atoms with Gasteiger partial charge in [-0.2, -0.15) is 0 Å². The fourth-order valence-corrected chi connectivity index (χ4v) is 0.695. The Kier molecular flexibility index (Phi) is 6.76. The fraction of sp³-hybridized carbons (Fsp3) is 0.545. The van der Waals surface area contributed by atoms with Gasteiger partial charge in [0, 0.05) is 12.0 Å². The minimum atomic E-state index is -0.343. The molecule has 80 valence electrons. The number of carbonyl (C=O) groups excluding carboxylic acids is 1. The molecule has 0 rings (SSSR count). The molecule has 0 N–H and O–H groups in total. The van der Waals surface area contributed by atoms with Gasteiger partial charge in [-0.05, 0) is 13.8 Å². The van der Waals surface area contributed by atoms with Crippen molar-refractivity contribution in [3.63, 3.8) is 0 Å². The predicted octanol–water partition coefficient (Wildman–Crippen LogP) is 2.09. The second-order valence-corrected chi connectivity index (χ2v) is 3.28. The van der Waals surface area contributed by atoms with E-state index in [1.807, 2.05) is 6.92 Å². The summed E-state index contributed by atoms with van der Waals surface area (Å²) in [6, 6.07) is 0. The monoisotopic (exact) mass is 198 g/mol. The van der Waals surface area contributed by atoms with Crippen LogP contribution >= 0.6 is 0 Å².